The molecular weight excluding hydrogens is 224 g/mol. The first kappa shape index (κ1) is 13.3. The van der Waals surface area contributed by atoms with Gasteiger partial charge in [0.05, 0.1) is 0 Å². The summed E-state index contributed by atoms with van der Waals surface area (Å²) < 4.78 is 0. The summed E-state index contributed by atoms with van der Waals surface area (Å²) in [6, 6.07) is 0.545. The Morgan fingerprint density at radius 2 is 2.22 bits per heavy atom. The van der Waals surface area contributed by atoms with Gasteiger partial charge in [-0.25, -0.2) is 9.97 Å². The van der Waals surface area contributed by atoms with Gasteiger partial charge in [-0.3, -0.25) is 0 Å². The lowest BCUT2D eigenvalue weighted by Gasteiger charge is -2.25. The average molecular weight is 248 g/mol. The van der Waals surface area contributed by atoms with Crippen LogP contribution in [-0.4, -0.2) is 29.6 Å². The second-order valence-electron chi connectivity index (χ2n) is 5.25. The van der Waals surface area contributed by atoms with E-state index >= 15 is 0 Å². The van der Waals surface area contributed by atoms with Crippen LogP contribution in [0.15, 0.2) is 6.20 Å². The molecule has 4 nitrogen and oxygen atoms in total. The molecular formula is C14H24N4. The lowest BCUT2D eigenvalue weighted by Crippen LogP contribution is -2.32. The van der Waals surface area contributed by atoms with Crippen LogP contribution in [0, 0.1) is 12.8 Å². The Labute approximate surface area is 110 Å². The minimum Gasteiger partial charge on any atom is -0.341 e. The minimum absolute atomic E-state index is 0.545. The van der Waals surface area contributed by atoms with Crippen LogP contribution in [-0.2, 0) is 6.54 Å². The summed E-state index contributed by atoms with van der Waals surface area (Å²) in [7, 11) is 2.10. The molecule has 1 aromatic heterocycles. The van der Waals surface area contributed by atoms with Crippen LogP contribution in [0.25, 0.3) is 0 Å². The molecule has 0 saturated heterocycles. The Hall–Kier alpha value is -1.16. The number of aromatic nitrogens is 2. The number of hydrogen-bond acceptors (Lipinski definition) is 4. The van der Waals surface area contributed by atoms with Crippen molar-refractivity contribution in [3.05, 3.63) is 17.5 Å². The van der Waals surface area contributed by atoms with Crippen molar-refractivity contribution in [2.24, 2.45) is 5.92 Å². The van der Waals surface area contributed by atoms with Gasteiger partial charge in [-0.05, 0) is 39.2 Å². The van der Waals surface area contributed by atoms with Gasteiger partial charge in [0.1, 0.15) is 0 Å². The first-order valence-electron chi connectivity index (χ1n) is 6.89. The molecule has 0 radical (unpaired) electrons. The van der Waals surface area contributed by atoms with Crippen molar-refractivity contribution in [1.29, 1.82) is 0 Å². The zero-order valence-electron chi connectivity index (χ0n) is 11.9. The summed E-state index contributed by atoms with van der Waals surface area (Å²) in [6.07, 6.45) is 4.66. The normalized spacial score (nSPS) is 16.7. The van der Waals surface area contributed by atoms with E-state index in [0.717, 1.165) is 30.6 Å². The molecule has 1 aromatic rings. The fourth-order valence-electron chi connectivity index (χ4n) is 2.16. The molecule has 18 heavy (non-hydrogen) atoms. The van der Waals surface area contributed by atoms with Crippen molar-refractivity contribution in [1.82, 2.24) is 15.3 Å². The Morgan fingerprint density at radius 1 is 1.50 bits per heavy atom. The van der Waals surface area contributed by atoms with Gasteiger partial charge in [0.15, 0.2) is 0 Å². The Kier molecular flexibility index (Phi) is 4.17. The highest BCUT2D eigenvalue weighted by Gasteiger charge is 2.31. The monoisotopic (exact) mass is 248 g/mol. The van der Waals surface area contributed by atoms with Gasteiger partial charge in [-0.15, -0.1) is 0 Å². The van der Waals surface area contributed by atoms with Gasteiger partial charge in [0.2, 0.25) is 5.95 Å². The molecule has 4 heteroatoms. The molecule has 1 unspecified atom stereocenters. The first-order valence-corrected chi connectivity index (χ1v) is 6.89. The highest BCUT2D eigenvalue weighted by Crippen LogP contribution is 2.35. The highest BCUT2D eigenvalue weighted by molar-refractivity contribution is 5.33. The third kappa shape index (κ3) is 2.99. The molecule has 0 spiro atoms. The SMILES string of the molecule is CCNCc1cnc(N(C)C(C)C2CC2)nc1C. The van der Waals surface area contributed by atoms with Crippen LogP contribution in [0.4, 0.5) is 5.95 Å². The zero-order chi connectivity index (χ0) is 13.1. The smallest absolute Gasteiger partial charge is 0.225 e. The van der Waals surface area contributed by atoms with E-state index in [1.54, 1.807) is 0 Å². The van der Waals surface area contributed by atoms with Crippen molar-refractivity contribution in [2.45, 2.75) is 46.2 Å². The van der Waals surface area contributed by atoms with E-state index in [2.05, 4.69) is 48.0 Å². The third-order valence-electron chi connectivity index (χ3n) is 3.86. The maximum Gasteiger partial charge on any atom is 0.225 e. The van der Waals surface area contributed by atoms with Crippen molar-refractivity contribution >= 4 is 5.95 Å². The second kappa shape index (κ2) is 5.65. The number of nitrogens with zero attached hydrogens (tertiary/aromatic N) is 3. The minimum atomic E-state index is 0.545. The molecule has 2 rings (SSSR count). The van der Waals surface area contributed by atoms with Crippen LogP contribution in [0.3, 0.4) is 0 Å². The molecule has 1 fully saturated rings. The maximum atomic E-state index is 4.63. The summed E-state index contributed by atoms with van der Waals surface area (Å²) in [5.41, 5.74) is 2.27. The Balaban J connectivity index is 2.07. The number of aryl methyl sites for hydroxylation is 1. The molecule has 100 valence electrons. The number of hydrogen-bond donors (Lipinski definition) is 1. The van der Waals surface area contributed by atoms with Crippen molar-refractivity contribution in [3.8, 4) is 0 Å². The molecule has 0 aromatic carbocycles. The van der Waals surface area contributed by atoms with E-state index < -0.39 is 0 Å². The fourth-order valence-corrected chi connectivity index (χ4v) is 2.16. The Bertz CT molecular complexity index is 401. The quantitative estimate of drug-likeness (QED) is 0.837. The van der Waals surface area contributed by atoms with E-state index in [1.165, 1.54) is 18.4 Å². The largest absolute Gasteiger partial charge is 0.341 e. The summed E-state index contributed by atoms with van der Waals surface area (Å²) in [4.78, 5) is 11.3. The molecule has 1 saturated carbocycles. The molecule has 1 heterocycles. The van der Waals surface area contributed by atoms with E-state index in [-0.39, 0.29) is 0 Å². The molecule has 1 aliphatic carbocycles. The van der Waals surface area contributed by atoms with Gasteiger partial charge in [0, 0.05) is 37.1 Å². The standard InChI is InChI=1S/C14H24N4/c1-5-15-8-13-9-16-14(17-10(13)2)18(4)11(3)12-6-7-12/h9,11-12,15H,5-8H2,1-4H3. The van der Waals surface area contributed by atoms with E-state index in [0.29, 0.717) is 6.04 Å². The number of anilines is 1. The molecule has 0 bridgehead atoms. The van der Waals surface area contributed by atoms with Crippen molar-refractivity contribution in [3.63, 3.8) is 0 Å². The summed E-state index contributed by atoms with van der Waals surface area (Å²) in [5.74, 6) is 1.69. The molecule has 0 amide bonds. The van der Waals surface area contributed by atoms with Gasteiger partial charge in [0.25, 0.3) is 0 Å². The van der Waals surface area contributed by atoms with Gasteiger partial charge >= 0.3 is 0 Å². The third-order valence-corrected chi connectivity index (χ3v) is 3.86. The van der Waals surface area contributed by atoms with E-state index in [4.69, 9.17) is 0 Å². The second-order valence-corrected chi connectivity index (χ2v) is 5.25. The van der Waals surface area contributed by atoms with Gasteiger partial charge in [-0.1, -0.05) is 6.92 Å². The molecule has 0 aliphatic heterocycles. The highest BCUT2D eigenvalue weighted by atomic mass is 15.3. The van der Waals surface area contributed by atoms with Gasteiger partial charge < -0.3 is 10.2 Å². The fraction of sp³-hybridized carbons (Fsp3) is 0.714. The molecule has 1 atom stereocenters. The van der Waals surface area contributed by atoms with Crippen LogP contribution < -0.4 is 10.2 Å². The van der Waals surface area contributed by atoms with Crippen LogP contribution >= 0.6 is 0 Å². The lowest BCUT2D eigenvalue weighted by atomic mass is 10.2. The first-order chi connectivity index (χ1) is 8.63. The Morgan fingerprint density at radius 3 is 2.78 bits per heavy atom. The predicted molar refractivity (Wildman–Crippen MR) is 74.7 cm³/mol. The van der Waals surface area contributed by atoms with Crippen LogP contribution in [0.2, 0.25) is 0 Å². The summed E-state index contributed by atoms with van der Waals surface area (Å²) in [6.45, 7) is 8.26. The van der Waals surface area contributed by atoms with Crippen LogP contribution in [0.5, 0.6) is 0 Å². The van der Waals surface area contributed by atoms with Gasteiger partial charge in [-0.2, -0.15) is 0 Å². The zero-order valence-corrected chi connectivity index (χ0v) is 11.9. The number of nitrogens with one attached hydrogen (secondary N) is 1. The average Bonchev–Trinajstić information content (AvgIpc) is 3.19. The van der Waals surface area contributed by atoms with Crippen molar-refractivity contribution in [2.75, 3.05) is 18.5 Å². The van der Waals surface area contributed by atoms with Crippen molar-refractivity contribution < 1.29 is 0 Å². The topological polar surface area (TPSA) is 41.1 Å². The predicted octanol–water partition coefficient (Wildman–Crippen LogP) is 2.13. The maximum absolute atomic E-state index is 4.63. The molecule has 1 aliphatic rings. The van der Waals surface area contributed by atoms with E-state index in [1.807, 2.05) is 6.20 Å². The molecule has 1 N–H and O–H groups in total. The van der Waals surface area contributed by atoms with E-state index in [9.17, 15) is 0 Å². The summed E-state index contributed by atoms with van der Waals surface area (Å²) >= 11 is 0. The lowest BCUT2D eigenvalue weighted by molar-refractivity contribution is 0.595. The van der Waals surface area contributed by atoms with Crippen LogP contribution in [0.1, 0.15) is 37.9 Å². The summed E-state index contributed by atoms with van der Waals surface area (Å²) in [5, 5.41) is 3.31. The number of rotatable bonds is 6.